The average Bonchev–Trinajstić information content (AvgIpc) is 1.25. The van der Waals surface area contributed by atoms with Crippen molar-refractivity contribution in [3.8, 4) is 0 Å². The molecule has 0 aliphatic heterocycles. The molecule has 7 heteroatoms. The van der Waals surface area contributed by atoms with Gasteiger partial charge in [-0.3, -0.25) is 0 Å². The summed E-state index contributed by atoms with van der Waals surface area (Å²) in [6, 6.07) is 0. The number of hydrogen-bond acceptors (Lipinski definition) is 2. The van der Waals surface area contributed by atoms with Gasteiger partial charge in [-0.2, -0.15) is 0 Å². The molecule has 0 aliphatic carbocycles. The summed E-state index contributed by atoms with van der Waals surface area (Å²) >= 11 is 0. The van der Waals surface area contributed by atoms with Crippen molar-refractivity contribution >= 4 is 50.0 Å². The van der Waals surface area contributed by atoms with Crippen LogP contribution in [0.2, 0.25) is 0 Å². The maximum atomic E-state index is 8.56. The summed E-state index contributed by atoms with van der Waals surface area (Å²) in [4.78, 5) is 17.1. The first-order valence-corrected chi connectivity index (χ1v) is 1.30. The molecule has 9 heavy (non-hydrogen) atoms. The third-order valence-electron chi connectivity index (χ3n) is 0. The van der Waals surface area contributed by atoms with Crippen molar-refractivity contribution < 1.29 is 30.0 Å². The van der Waals surface area contributed by atoms with Crippen molar-refractivity contribution in [2.45, 2.75) is 0 Å². The van der Waals surface area contributed by atoms with Crippen LogP contribution in [-0.2, 0) is 0 Å². The van der Waals surface area contributed by atoms with E-state index in [2.05, 4.69) is 0 Å². The molecular formula is C2H6CaO6. The van der Waals surface area contributed by atoms with Crippen molar-refractivity contribution in [3.63, 3.8) is 0 Å². The molecule has 4 N–H and O–H groups in total. The molecule has 0 atom stereocenters. The minimum absolute atomic E-state index is 0. The number of rotatable bonds is 0. The van der Waals surface area contributed by atoms with Crippen LogP contribution in [0.1, 0.15) is 0 Å². The van der Waals surface area contributed by atoms with Gasteiger partial charge in [-0.05, 0) is 0 Å². The van der Waals surface area contributed by atoms with E-state index >= 15 is 0 Å². The molecule has 52 valence electrons. The van der Waals surface area contributed by atoms with E-state index in [1.54, 1.807) is 0 Å². The molecule has 6 nitrogen and oxygen atoms in total. The summed E-state index contributed by atoms with van der Waals surface area (Å²) in [5.74, 6) is 0. The van der Waals surface area contributed by atoms with Gasteiger partial charge in [0.1, 0.15) is 0 Å². The molecule has 0 aromatic rings. The second kappa shape index (κ2) is 10.7. The molecule has 0 amide bonds. The van der Waals surface area contributed by atoms with Gasteiger partial charge in [-0.15, -0.1) is 0 Å². The van der Waals surface area contributed by atoms with Crippen LogP contribution in [0.5, 0.6) is 0 Å². The molecule has 0 saturated carbocycles. The molecule has 0 radical (unpaired) electrons. The van der Waals surface area contributed by atoms with Crippen LogP contribution >= 0.6 is 0 Å². The van der Waals surface area contributed by atoms with Gasteiger partial charge in [-0.25, -0.2) is 9.59 Å². The molecular weight excluding hydrogens is 160 g/mol. The number of hydrogen-bond donors (Lipinski definition) is 4. The zero-order valence-corrected chi connectivity index (χ0v) is 3.61. The van der Waals surface area contributed by atoms with E-state index in [9.17, 15) is 0 Å². The summed E-state index contributed by atoms with van der Waals surface area (Å²) in [5, 5.41) is 27.9. The zero-order valence-electron chi connectivity index (χ0n) is 3.61. The van der Waals surface area contributed by atoms with Crippen LogP contribution in [0.3, 0.4) is 0 Å². The molecule has 0 aromatic heterocycles. The van der Waals surface area contributed by atoms with Gasteiger partial charge >= 0.3 is 50.0 Å². The second-order valence-electron chi connectivity index (χ2n) is 0.565. The fraction of sp³-hybridized carbons (Fsp3) is 0. The fourth-order valence-corrected chi connectivity index (χ4v) is 0. The summed E-state index contributed by atoms with van der Waals surface area (Å²) in [6.07, 6.45) is -3.67. The Labute approximate surface area is 79.7 Å². The average molecular weight is 166 g/mol. The third kappa shape index (κ3) is 6540. The van der Waals surface area contributed by atoms with E-state index < -0.39 is 12.3 Å². The van der Waals surface area contributed by atoms with Crippen molar-refractivity contribution in [1.82, 2.24) is 0 Å². The van der Waals surface area contributed by atoms with Crippen LogP contribution in [0.15, 0.2) is 0 Å². The number of carboxylic acid groups (broad SMARTS) is 4. The molecule has 0 bridgehead atoms. The first-order chi connectivity index (χ1) is 3.46. The first-order valence-electron chi connectivity index (χ1n) is 1.30. The minimum atomic E-state index is -1.83. The van der Waals surface area contributed by atoms with Crippen molar-refractivity contribution in [1.29, 1.82) is 0 Å². The van der Waals surface area contributed by atoms with Gasteiger partial charge in [0, 0.05) is 0 Å². The Kier molecular flexibility index (Phi) is 19.0. The molecule has 0 aliphatic rings. The predicted molar refractivity (Wildman–Crippen MR) is 29.9 cm³/mol. The third-order valence-corrected chi connectivity index (χ3v) is 0. The maximum absolute atomic E-state index is 8.56. The second-order valence-corrected chi connectivity index (χ2v) is 0.565. The summed E-state index contributed by atoms with van der Waals surface area (Å²) < 4.78 is 0. The Hall–Kier alpha value is -0.200. The van der Waals surface area contributed by atoms with Gasteiger partial charge in [0.2, 0.25) is 0 Å². The Balaban J connectivity index is -0.0000000720. The van der Waals surface area contributed by atoms with Gasteiger partial charge in [-0.1, -0.05) is 0 Å². The van der Waals surface area contributed by atoms with Gasteiger partial charge in [0.25, 0.3) is 0 Å². The molecule has 0 fully saturated rings. The van der Waals surface area contributed by atoms with Crippen LogP contribution < -0.4 is 0 Å². The van der Waals surface area contributed by atoms with Crippen molar-refractivity contribution in [2.24, 2.45) is 0 Å². The van der Waals surface area contributed by atoms with E-state index in [4.69, 9.17) is 30.0 Å². The zero-order chi connectivity index (χ0) is 7.15. The molecule has 0 spiro atoms. The normalized spacial score (nSPS) is 5.33. The Bertz CT molecular complexity index is 69.1. The Morgan fingerprint density at radius 2 is 0.778 bits per heavy atom. The van der Waals surface area contributed by atoms with E-state index in [0.29, 0.717) is 0 Å². The monoisotopic (exact) mass is 166 g/mol. The first kappa shape index (κ1) is 15.9. The quantitative estimate of drug-likeness (QED) is 0.361. The molecule has 0 unspecified atom stereocenters. The number of carbonyl (C=O) groups is 2. The summed E-state index contributed by atoms with van der Waals surface area (Å²) in [7, 11) is 0. The predicted octanol–water partition coefficient (Wildman–Crippen LogP) is -0.471. The molecule has 0 rings (SSSR count). The summed E-state index contributed by atoms with van der Waals surface area (Å²) in [6.45, 7) is 0. The standard InChI is InChI=1S/2CH2O3.Ca.2H/c2*2-1(3)4;;;/h2*(H2,2,3,4);;;. The van der Waals surface area contributed by atoms with Crippen molar-refractivity contribution in [2.75, 3.05) is 0 Å². The van der Waals surface area contributed by atoms with Crippen molar-refractivity contribution in [3.05, 3.63) is 0 Å². The molecule has 0 heterocycles. The van der Waals surface area contributed by atoms with Gasteiger partial charge in [0.05, 0.1) is 0 Å². The SMILES string of the molecule is O=C(O)O.O=C(O)O.[CaH2]. The van der Waals surface area contributed by atoms with E-state index in [-0.39, 0.29) is 37.7 Å². The van der Waals surface area contributed by atoms with Crippen LogP contribution in [-0.4, -0.2) is 70.5 Å². The topological polar surface area (TPSA) is 115 Å². The van der Waals surface area contributed by atoms with E-state index in [1.165, 1.54) is 0 Å². The Morgan fingerprint density at radius 3 is 0.778 bits per heavy atom. The van der Waals surface area contributed by atoms with Gasteiger partial charge < -0.3 is 20.4 Å². The van der Waals surface area contributed by atoms with Gasteiger partial charge in [0.15, 0.2) is 0 Å². The van der Waals surface area contributed by atoms with Crippen LogP contribution in [0.25, 0.3) is 0 Å². The fourth-order valence-electron chi connectivity index (χ4n) is 0. The summed E-state index contributed by atoms with van der Waals surface area (Å²) in [5.41, 5.74) is 0. The van der Waals surface area contributed by atoms with E-state index in [1.807, 2.05) is 0 Å². The van der Waals surface area contributed by atoms with E-state index in [0.717, 1.165) is 0 Å². The molecule has 0 aromatic carbocycles. The Morgan fingerprint density at radius 1 is 0.778 bits per heavy atom. The molecule has 0 saturated heterocycles. The van der Waals surface area contributed by atoms with Crippen LogP contribution in [0.4, 0.5) is 9.59 Å². The van der Waals surface area contributed by atoms with Crippen LogP contribution in [0, 0.1) is 0 Å².